The van der Waals surface area contributed by atoms with Crippen molar-refractivity contribution in [2.24, 2.45) is 0 Å². The van der Waals surface area contributed by atoms with Crippen LogP contribution in [-0.2, 0) is 11.2 Å². The molecule has 116 valence electrons. The zero-order valence-electron chi connectivity index (χ0n) is 12.2. The number of hydrogen-bond donors (Lipinski definition) is 2. The molecule has 2 N–H and O–H groups in total. The second-order valence-electron chi connectivity index (χ2n) is 5.58. The lowest BCUT2D eigenvalue weighted by Gasteiger charge is -2.29. The summed E-state index contributed by atoms with van der Waals surface area (Å²) in [4.78, 5) is 14.0. The molecule has 0 aromatic heterocycles. The Balaban J connectivity index is 1.59. The van der Waals surface area contributed by atoms with E-state index in [4.69, 9.17) is 0 Å². The Hall–Kier alpha value is -1.46. The van der Waals surface area contributed by atoms with Gasteiger partial charge in [0.2, 0.25) is 5.91 Å². The lowest BCUT2D eigenvalue weighted by atomic mass is 10.1. The maximum atomic E-state index is 13.0. The van der Waals surface area contributed by atoms with Crippen LogP contribution in [0.25, 0.3) is 0 Å². The van der Waals surface area contributed by atoms with Crippen molar-refractivity contribution in [1.29, 1.82) is 0 Å². The summed E-state index contributed by atoms with van der Waals surface area (Å²) in [5.74, 6) is -0.387. The number of hydrogen-bond acceptors (Lipinski definition) is 3. The van der Waals surface area contributed by atoms with Gasteiger partial charge in [-0.05, 0) is 43.5 Å². The zero-order valence-corrected chi connectivity index (χ0v) is 12.2. The molecule has 21 heavy (non-hydrogen) atoms. The molecule has 2 rings (SSSR count). The Kier molecular flexibility index (Phi) is 6.14. The summed E-state index contributed by atoms with van der Waals surface area (Å²) in [6, 6.07) is 6.13. The molecule has 4 nitrogen and oxygen atoms in total. The maximum absolute atomic E-state index is 13.0. The largest absolute Gasteiger partial charge is 0.393 e. The number of carbonyl (C=O) groups is 1. The third-order valence-corrected chi connectivity index (χ3v) is 3.78. The predicted octanol–water partition coefficient (Wildman–Crippen LogP) is 1.33. The number of piperidine rings is 1. The number of benzene rings is 1. The highest BCUT2D eigenvalue weighted by molar-refractivity contribution is 5.78. The van der Waals surface area contributed by atoms with Gasteiger partial charge in [0.25, 0.3) is 0 Å². The number of nitrogens with zero attached hydrogens (tertiary/aromatic N) is 1. The van der Waals surface area contributed by atoms with Gasteiger partial charge in [0.15, 0.2) is 0 Å². The number of halogens is 1. The molecule has 5 heteroatoms. The fraction of sp³-hybridized carbons (Fsp3) is 0.562. The Morgan fingerprint density at radius 2 is 2.14 bits per heavy atom. The van der Waals surface area contributed by atoms with Gasteiger partial charge in [-0.3, -0.25) is 4.79 Å². The molecule has 0 spiro atoms. The van der Waals surface area contributed by atoms with E-state index in [1.54, 1.807) is 12.1 Å². The predicted molar refractivity (Wildman–Crippen MR) is 79.4 cm³/mol. The zero-order chi connectivity index (χ0) is 15.1. The van der Waals surface area contributed by atoms with Crippen molar-refractivity contribution in [2.75, 3.05) is 26.2 Å². The first-order valence-corrected chi connectivity index (χ1v) is 7.55. The molecule has 0 atom stereocenters. The van der Waals surface area contributed by atoms with Gasteiger partial charge in [-0.25, -0.2) is 4.39 Å². The SMILES string of the molecule is O=C(Cc1cccc(F)c1)NCCCN1CCC(O)CC1. The number of amides is 1. The molecule has 0 aliphatic carbocycles. The molecular weight excluding hydrogens is 271 g/mol. The van der Waals surface area contributed by atoms with Crippen LogP contribution in [0, 0.1) is 5.82 Å². The van der Waals surface area contributed by atoms with Crippen LogP contribution in [0.15, 0.2) is 24.3 Å². The third-order valence-electron chi connectivity index (χ3n) is 3.78. The lowest BCUT2D eigenvalue weighted by molar-refractivity contribution is -0.120. The summed E-state index contributed by atoms with van der Waals surface area (Å²) in [6.45, 7) is 3.43. The lowest BCUT2D eigenvalue weighted by Crippen LogP contribution is -2.37. The van der Waals surface area contributed by atoms with Crippen molar-refractivity contribution in [1.82, 2.24) is 10.2 Å². The van der Waals surface area contributed by atoms with E-state index in [-0.39, 0.29) is 24.2 Å². The van der Waals surface area contributed by atoms with Crippen LogP contribution in [0.3, 0.4) is 0 Å². The highest BCUT2D eigenvalue weighted by atomic mass is 19.1. The number of rotatable bonds is 6. The average molecular weight is 294 g/mol. The van der Waals surface area contributed by atoms with Gasteiger partial charge in [-0.1, -0.05) is 12.1 Å². The van der Waals surface area contributed by atoms with Crippen molar-refractivity contribution in [2.45, 2.75) is 31.8 Å². The molecule has 1 fully saturated rings. The Morgan fingerprint density at radius 1 is 1.38 bits per heavy atom. The number of likely N-dealkylation sites (tertiary alicyclic amines) is 1. The third kappa shape index (κ3) is 5.81. The molecule has 1 aliphatic rings. The second-order valence-corrected chi connectivity index (χ2v) is 5.58. The standard InChI is InChI=1S/C16H23FN2O2/c17-14-4-1-3-13(11-14)12-16(21)18-7-2-8-19-9-5-15(20)6-10-19/h1,3-4,11,15,20H,2,5-10,12H2,(H,18,21). The molecule has 1 heterocycles. The van der Waals surface area contributed by atoms with Crippen molar-refractivity contribution >= 4 is 5.91 Å². The molecule has 1 aromatic carbocycles. The molecular formula is C16H23FN2O2. The summed E-state index contributed by atoms with van der Waals surface area (Å²) in [5.41, 5.74) is 0.692. The van der Waals surface area contributed by atoms with Crippen LogP contribution in [0.1, 0.15) is 24.8 Å². The van der Waals surface area contributed by atoms with Crippen LogP contribution < -0.4 is 5.32 Å². The Bertz CT molecular complexity index is 459. The minimum atomic E-state index is -0.312. The molecule has 1 aromatic rings. The summed E-state index contributed by atoms with van der Waals surface area (Å²) in [5, 5.41) is 12.3. The van der Waals surface area contributed by atoms with Crippen molar-refractivity contribution in [3.63, 3.8) is 0 Å². The number of nitrogens with one attached hydrogen (secondary N) is 1. The Morgan fingerprint density at radius 3 is 2.86 bits per heavy atom. The normalized spacial score (nSPS) is 16.9. The van der Waals surface area contributed by atoms with E-state index in [0.29, 0.717) is 12.1 Å². The Labute approximate surface area is 125 Å². The fourth-order valence-electron chi connectivity index (χ4n) is 2.57. The minimum absolute atomic E-state index is 0.0744. The van der Waals surface area contributed by atoms with Gasteiger partial charge in [0.1, 0.15) is 5.82 Å². The number of carbonyl (C=O) groups excluding carboxylic acids is 1. The first-order chi connectivity index (χ1) is 10.1. The maximum Gasteiger partial charge on any atom is 0.224 e. The smallest absolute Gasteiger partial charge is 0.224 e. The molecule has 0 radical (unpaired) electrons. The summed E-state index contributed by atoms with van der Waals surface area (Å²) in [6.07, 6.45) is 2.64. The van der Waals surface area contributed by atoms with Crippen molar-refractivity contribution in [3.8, 4) is 0 Å². The molecule has 1 aliphatic heterocycles. The van der Waals surface area contributed by atoms with E-state index >= 15 is 0 Å². The van der Waals surface area contributed by atoms with Crippen molar-refractivity contribution < 1.29 is 14.3 Å². The quantitative estimate of drug-likeness (QED) is 0.778. The second kappa shape index (κ2) is 8.10. The minimum Gasteiger partial charge on any atom is -0.393 e. The van der Waals surface area contributed by atoms with Gasteiger partial charge in [0.05, 0.1) is 12.5 Å². The monoisotopic (exact) mass is 294 g/mol. The highest BCUT2D eigenvalue weighted by Crippen LogP contribution is 2.09. The van der Waals surface area contributed by atoms with Crippen LogP contribution in [0.4, 0.5) is 4.39 Å². The van der Waals surface area contributed by atoms with Gasteiger partial charge < -0.3 is 15.3 Å². The number of aliphatic hydroxyl groups is 1. The van der Waals surface area contributed by atoms with E-state index in [2.05, 4.69) is 10.2 Å². The first kappa shape index (κ1) is 15.9. The average Bonchev–Trinajstić information content (AvgIpc) is 2.45. The van der Waals surface area contributed by atoms with E-state index in [0.717, 1.165) is 38.9 Å². The van der Waals surface area contributed by atoms with Crippen LogP contribution in [0.2, 0.25) is 0 Å². The van der Waals surface area contributed by atoms with Crippen LogP contribution in [0.5, 0.6) is 0 Å². The van der Waals surface area contributed by atoms with Gasteiger partial charge in [-0.15, -0.1) is 0 Å². The highest BCUT2D eigenvalue weighted by Gasteiger charge is 2.16. The van der Waals surface area contributed by atoms with Gasteiger partial charge in [0, 0.05) is 19.6 Å². The first-order valence-electron chi connectivity index (χ1n) is 7.55. The molecule has 1 saturated heterocycles. The van der Waals surface area contributed by atoms with Crippen LogP contribution >= 0.6 is 0 Å². The summed E-state index contributed by atoms with van der Waals surface area (Å²) < 4.78 is 13.0. The molecule has 0 unspecified atom stereocenters. The fourth-order valence-corrected chi connectivity index (χ4v) is 2.57. The molecule has 0 bridgehead atoms. The summed E-state index contributed by atoms with van der Waals surface area (Å²) >= 11 is 0. The topological polar surface area (TPSA) is 52.6 Å². The van der Waals surface area contributed by atoms with Crippen LogP contribution in [-0.4, -0.2) is 48.2 Å². The van der Waals surface area contributed by atoms with Gasteiger partial charge >= 0.3 is 0 Å². The van der Waals surface area contributed by atoms with Gasteiger partial charge in [-0.2, -0.15) is 0 Å². The van der Waals surface area contributed by atoms with Crippen molar-refractivity contribution in [3.05, 3.63) is 35.6 Å². The van der Waals surface area contributed by atoms with E-state index in [1.165, 1.54) is 12.1 Å². The van der Waals surface area contributed by atoms with E-state index in [1.807, 2.05) is 0 Å². The summed E-state index contributed by atoms with van der Waals surface area (Å²) in [7, 11) is 0. The molecule has 1 amide bonds. The molecule has 0 saturated carbocycles. The van der Waals surface area contributed by atoms with E-state index < -0.39 is 0 Å². The number of aliphatic hydroxyl groups excluding tert-OH is 1. The van der Waals surface area contributed by atoms with E-state index in [9.17, 15) is 14.3 Å².